The number of aromatic nitrogens is 2. The standard InChI is InChI=1S/C10H7FN2O.Al/c11-10-5-9(14)7(6-13-10)8-3-1-2-4-12-8;/h1-6H,(H,13,14);/q;+1/p-1. The summed E-state index contributed by atoms with van der Waals surface area (Å²) in [4.78, 5) is 7.70. The van der Waals surface area contributed by atoms with Gasteiger partial charge in [-0.15, -0.1) is 0 Å². The molecule has 0 saturated carbocycles. The maximum Gasteiger partial charge on any atom is 0.482 e. The lowest BCUT2D eigenvalue weighted by Gasteiger charge is -2.08. The molecule has 2 heterocycles. The normalized spacial score (nSPS) is 9.93. The molecule has 0 aliphatic heterocycles. The van der Waals surface area contributed by atoms with Gasteiger partial charge in [0.05, 0.1) is 17.0 Å². The summed E-state index contributed by atoms with van der Waals surface area (Å²) in [6.07, 6.45) is 3.06. The summed E-state index contributed by atoms with van der Waals surface area (Å²) < 4.78 is 17.8. The molecule has 0 aliphatic rings. The van der Waals surface area contributed by atoms with E-state index >= 15 is 0 Å². The van der Waals surface area contributed by atoms with Crippen LogP contribution in [0.1, 0.15) is 0 Å². The second-order valence-corrected chi connectivity index (χ2v) is 3.07. The lowest BCUT2D eigenvalue weighted by molar-refractivity contribution is 0.559. The number of hydrogen-bond donors (Lipinski definition) is 0. The Morgan fingerprint density at radius 1 is 1.27 bits per heavy atom. The van der Waals surface area contributed by atoms with E-state index in [1.54, 1.807) is 6.20 Å². The summed E-state index contributed by atoms with van der Waals surface area (Å²) in [5.41, 5.74) is 1.36. The molecule has 0 bridgehead atoms. The number of hydrogen-bond acceptors (Lipinski definition) is 3. The fraction of sp³-hybridized carbons (Fsp3) is 0. The number of pyridine rings is 2. The Labute approximate surface area is 94.7 Å². The summed E-state index contributed by atoms with van der Waals surface area (Å²) in [5, 5.41) is 0. The first-order chi connectivity index (χ1) is 7.31. The van der Waals surface area contributed by atoms with Crippen LogP contribution in [0.25, 0.3) is 11.3 Å². The monoisotopic (exact) mass is 216 g/mol. The average Bonchev–Trinajstić information content (AvgIpc) is 2.30. The third-order valence-electron chi connectivity index (χ3n) is 1.90. The molecule has 0 atom stereocenters. The molecule has 15 heavy (non-hydrogen) atoms. The fourth-order valence-electron chi connectivity index (χ4n) is 1.22. The first-order valence-corrected chi connectivity index (χ1v) is 4.72. The minimum absolute atomic E-state index is 0.395. The Morgan fingerprint density at radius 2 is 2.13 bits per heavy atom. The molecule has 0 unspecified atom stereocenters. The van der Waals surface area contributed by atoms with Crippen LogP contribution in [0, 0.1) is 5.95 Å². The number of halogens is 1. The Bertz CT molecular complexity index is 464. The lowest BCUT2D eigenvalue weighted by Crippen LogP contribution is -1.94. The molecule has 0 spiro atoms. The van der Waals surface area contributed by atoms with Crippen LogP contribution in [0.15, 0.2) is 36.7 Å². The van der Waals surface area contributed by atoms with E-state index in [2.05, 4.69) is 26.6 Å². The molecule has 0 aliphatic carbocycles. The third-order valence-corrected chi connectivity index (χ3v) is 2.15. The van der Waals surface area contributed by atoms with E-state index in [4.69, 9.17) is 3.79 Å². The van der Waals surface area contributed by atoms with Gasteiger partial charge in [0.25, 0.3) is 0 Å². The highest BCUT2D eigenvalue weighted by Gasteiger charge is 2.07. The molecule has 2 radical (unpaired) electrons. The van der Waals surface area contributed by atoms with Gasteiger partial charge in [-0.1, -0.05) is 6.07 Å². The predicted molar refractivity (Wildman–Crippen MR) is 53.8 cm³/mol. The maximum atomic E-state index is 12.8. The van der Waals surface area contributed by atoms with Crippen molar-refractivity contribution in [2.75, 3.05) is 0 Å². The highest BCUT2D eigenvalue weighted by molar-refractivity contribution is 6.00. The van der Waals surface area contributed by atoms with Crippen LogP contribution in [0.4, 0.5) is 4.39 Å². The van der Waals surface area contributed by atoms with Gasteiger partial charge in [0, 0.05) is 18.5 Å². The SMILES string of the molecule is Fc1cc([O][Al])c(-c2ccccn2)cn1. The second kappa shape index (κ2) is 4.39. The molecule has 3 nitrogen and oxygen atoms in total. The van der Waals surface area contributed by atoms with Gasteiger partial charge >= 0.3 is 16.6 Å². The van der Waals surface area contributed by atoms with Gasteiger partial charge in [-0.05, 0) is 12.1 Å². The predicted octanol–water partition coefficient (Wildman–Crippen LogP) is 1.74. The molecule has 0 N–H and O–H groups in total. The number of nitrogens with zero attached hydrogens (tertiary/aromatic N) is 2. The van der Waals surface area contributed by atoms with Crippen molar-refractivity contribution in [1.82, 2.24) is 9.97 Å². The van der Waals surface area contributed by atoms with E-state index in [9.17, 15) is 4.39 Å². The molecule has 72 valence electrons. The summed E-state index contributed by atoms with van der Waals surface area (Å²) in [7, 11) is 0. The van der Waals surface area contributed by atoms with Crippen molar-refractivity contribution in [1.29, 1.82) is 0 Å². The summed E-state index contributed by atoms with van der Waals surface area (Å²) >= 11 is 2.08. The van der Waals surface area contributed by atoms with Crippen LogP contribution >= 0.6 is 0 Å². The van der Waals surface area contributed by atoms with Crippen molar-refractivity contribution in [3.63, 3.8) is 0 Å². The molecule has 2 aromatic heterocycles. The zero-order valence-electron chi connectivity index (χ0n) is 7.72. The summed E-state index contributed by atoms with van der Waals surface area (Å²) in [5.74, 6) is -0.182. The minimum Gasteiger partial charge on any atom is -0.653 e. The van der Waals surface area contributed by atoms with Crippen LogP contribution in [0.2, 0.25) is 0 Å². The van der Waals surface area contributed by atoms with E-state index in [1.807, 2.05) is 18.2 Å². The van der Waals surface area contributed by atoms with E-state index in [0.717, 1.165) is 0 Å². The van der Waals surface area contributed by atoms with Gasteiger partial charge in [-0.2, -0.15) is 4.39 Å². The highest BCUT2D eigenvalue weighted by Crippen LogP contribution is 2.27. The molecule has 0 saturated heterocycles. The van der Waals surface area contributed by atoms with Gasteiger partial charge in [0.1, 0.15) is 0 Å². The first-order valence-electron chi connectivity index (χ1n) is 4.25. The third kappa shape index (κ3) is 2.14. The van der Waals surface area contributed by atoms with Gasteiger partial charge in [0.15, 0.2) is 0 Å². The van der Waals surface area contributed by atoms with Crippen molar-refractivity contribution in [2.45, 2.75) is 0 Å². The van der Waals surface area contributed by atoms with Crippen LogP contribution in [-0.4, -0.2) is 26.6 Å². The molecule has 0 amide bonds. The van der Waals surface area contributed by atoms with E-state index in [0.29, 0.717) is 17.0 Å². The topological polar surface area (TPSA) is 35.0 Å². The van der Waals surface area contributed by atoms with E-state index in [1.165, 1.54) is 12.3 Å². The van der Waals surface area contributed by atoms with Gasteiger partial charge in [-0.25, -0.2) is 4.98 Å². The van der Waals surface area contributed by atoms with Crippen molar-refractivity contribution in [3.05, 3.63) is 42.6 Å². The quantitative estimate of drug-likeness (QED) is 0.566. The molecule has 5 heteroatoms. The van der Waals surface area contributed by atoms with Crippen LogP contribution in [0.5, 0.6) is 5.75 Å². The zero-order chi connectivity index (χ0) is 10.7. The van der Waals surface area contributed by atoms with Gasteiger partial charge in [0.2, 0.25) is 5.95 Å². The van der Waals surface area contributed by atoms with Crippen molar-refractivity contribution >= 4 is 16.6 Å². The first kappa shape index (κ1) is 10.1. The molecular formula is C10H6AlFN2O. The van der Waals surface area contributed by atoms with Crippen molar-refractivity contribution < 1.29 is 8.18 Å². The average molecular weight is 216 g/mol. The fourth-order valence-corrected chi connectivity index (χ4v) is 1.42. The maximum absolute atomic E-state index is 12.8. The molecule has 0 fully saturated rings. The van der Waals surface area contributed by atoms with Crippen LogP contribution in [0.3, 0.4) is 0 Å². The van der Waals surface area contributed by atoms with Gasteiger partial charge < -0.3 is 3.79 Å². The van der Waals surface area contributed by atoms with Gasteiger partial charge in [-0.3, -0.25) is 4.98 Å². The molecule has 2 aromatic rings. The molecule has 2 rings (SSSR count). The van der Waals surface area contributed by atoms with Crippen molar-refractivity contribution in [2.24, 2.45) is 0 Å². The van der Waals surface area contributed by atoms with E-state index < -0.39 is 5.95 Å². The second-order valence-electron chi connectivity index (χ2n) is 2.84. The Balaban J connectivity index is 2.53. The summed E-state index contributed by atoms with van der Waals surface area (Å²) in [6, 6.07) is 6.68. The lowest BCUT2D eigenvalue weighted by atomic mass is 10.2. The number of rotatable bonds is 2. The van der Waals surface area contributed by atoms with E-state index in [-0.39, 0.29) is 0 Å². The molecule has 0 aromatic carbocycles. The smallest absolute Gasteiger partial charge is 0.482 e. The zero-order valence-corrected chi connectivity index (χ0v) is 8.88. The van der Waals surface area contributed by atoms with Crippen LogP contribution in [-0.2, 0) is 0 Å². The summed E-state index contributed by atoms with van der Waals surface area (Å²) in [6.45, 7) is 0. The highest BCUT2D eigenvalue weighted by atomic mass is 27.1. The minimum atomic E-state index is -0.577. The Morgan fingerprint density at radius 3 is 2.80 bits per heavy atom. The Hall–Kier alpha value is -1.44. The van der Waals surface area contributed by atoms with Crippen LogP contribution < -0.4 is 3.79 Å². The molecular weight excluding hydrogens is 210 g/mol. The largest absolute Gasteiger partial charge is 0.653 e. The van der Waals surface area contributed by atoms with Crippen molar-refractivity contribution in [3.8, 4) is 17.0 Å². The Kier molecular flexibility index (Phi) is 2.95.